The molecule has 0 bridgehead atoms. The Kier molecular flexibility index (Phi) is 11.7. The molecule has 0 aromatic carbocycles. The molecule has 0 aromatic heterocycles. The zero-order valence-electron chi connectivity index (χ0n) is 14.4. The lowest BCUT2D eigenvalue weighted by Crippen LogP contribution is -2.43. The van der Waals surface area contributed by atoms with Gasteiger partial charge in [0.25, 0.3) is 0 Å². The summed E-state index contributed by atoms with van der Waals surface area (Å²) in [6.45, 7) is 3.41. The Morgan fingerprint density at radius 1 is 1.26 bits per heavy atom. The van der Waals surface area contributed by atoms with Gasteiger partial charge in [0.2, 0.25) is 0 Å². The zero-order chi connectivity index (χ0) is 15.6. The number of halogens is 1. The number of thioether (sulfide) groups is 1. The molecule has 1 saturated heterocycles. The number of rotatable bonds is 7. The van der Waals surface area contributed by atoms with Crippen LogP contribution >= 0.6 is 35.7 Å². The van der Waals surface area contributed by atoms with Crippen molar-refractivity contribution >= 4 is 41.7 Å². The van der Waals surface area contributed by atoms with E-state index in [1.54, 1.807) is 0 Å². The van der Waals surface area contributed by atoms with Crippen LogP contribution < -0.4 is 10.6 Å². The fraction of sp³-hybridized carbons (Fsp3) is 0.938. The highest BCUT2D eigenvalue weighted by Gasteiger charge is 2.24. The Bertz CT molecular complexity index is 341. The van der Waals surface area contributed by atoms with Crippen molar-refractivity contribution in [2.24, 2.45) is 4.99 Å². The fourth-order valence-electron chi connectivity index (χ4n) is 3.04. The second kappa shape index (κ2) is 12.6. The second-order valence-corrected chi connectivity index (χ2v) is 7.19. The number of guanidine groups is 1. The van der Waals surface area contributed by atoms with Gasteiger partial charge in [-0.3, -0.25) is 4.99 Å². The van der Waals surface area contributed by atoms with E-state index >= 15 is 0 Å². The predicted octanol–water partition coefficient (Wildman–Crippen LogP) is 2.64. The maximum absolute atomic E-state index is 5.88. The van der Waals surface area contributed by atoms with Crippen LogP contribution in [0.3, 0.4) is 0 Å². The topological polar surface area (TPSA) is 54.9 Å². The summed E-state index contributed by atoms with van der Waals surface area (Å²) >= 11 is 1.98. The van der Waals surface area contributed by atoms with Gasteiger partial charge in [-0.25, -0.2) is 0 Å². The van der Waals surface area contributed by atoms with Crippen molar-refractivity contribution in [3.8, 4) is 0 Å². The van der Waals surface area contributed by atoms with Crippen molar-refractivity contribution < 1.29 is 9.47 Å². The molecule has 2 fully saturated rings. The van der Waals surface area contributed by atoms with E-state index in [0.29, 0.717) is 12.1 Å². The van der Waals surface area contributed by atoms with E-state index in [0.717, 1.165) is 56.8 Å². The monoisotopic (exact) mass is 457 g/mol. The molecular weight excluding hydrogens is 425 g/mol. The molecule has 0 aromatic rings. The second-order valence-electron chi connectivity index (χ2n) is 6.05. The van der Waals surface area contributed by atoms with Gasteiger partial charge in [0.1, 0.15) is 0 Å². The van der Waals surface area contributed by atoms with Gasteiger partial charge in [-0.1, -0.05) is 0 Å². The van der Waals surface area contributed by atoms with Crippen LogP contribution in [0.25, 0.3) is 0 Å². The van der Waals surface area contributed by atoms with Crippen molar-refractivity contribution in [1.82, 2.24) is 10.6 Å². The van der Waals surface area contributed by atoms with Gasteiger partial charge in [-0.05, 0) is 44.8 Å². The molecule has 0 amide bonds. The maximum atomic E-state index is 5.88. The first-order valence-corrected chi connectivity index (χ1v) is 9.80. The van der Waals surface area contributed by atoms with Crippen LogP contribution in [0.15, 0.2) is 4.99 Å². The van der Waals surface area contributed by atoms with Crippen molar-refractivity contribution in [2.45, 2.75) is 55.9 Å². The molecule has 2 atom stereocenters. The van der Waals surface area contributed by atoms with Crippen molar-refractivity contribution in [1.29, 1.82) is 0 Å². The Hall–Kier alpha value is 0.270. The molecule has 7 heteroatoms. The molecule has 2 N–H and O–H groups in total. The minimum absolute atomic E-state index is 0. The van der Waals surface area contributed by atoms with E-state index in [9.17, 15) is 0 Å². The Balaban J connectivity index is 0.00000264. The SMILES string of the molecule is CN=C(NCCCOC1CCOCC1)NC1CCC(SC)C1.I. The highest BCUT2D eigenvalue weighted by Crippen LogP contribution is 2.27. The van der Waals surface area contributed by atoms with E-state index < -0.39 is 0 Å². The molecule has 1 aliphatic carbocycles. The van der Waals surface area contributed by atoms with Crippen LogP contribution in [0.5, 0.6) is 0 Å². The van der Waals surface area contributed by atoms with Gasteiger partial charge in [-0.2, -0.15) is 11.8 Å². The minimum Gasteiger partial charge on any atom is -0.381 e. The van der Waals surface area contributed by atoms with Crippen molar-refractivity contribution in [3.63, 3.8) is 0 Å². The lowest BCUT2D eigenvalue weighted by Gasteiger charge is -2.22. The molecule has 23 heavy (non-hydrogen) atoms. The molecule has 2 unspecified atom stereocenters. The number of nitrogens with one attached hydrogen (secondary N) is 2. The third-order valence-corrected chi connectivity index (χ3v) is 5.51. The Morgan fingerprint density at radius 2 is 2.04 bits per heavy atom. The number of hydrogen-bond donors (Lipinski definition) is 2. The van der Waals surface area contributed by atoms with Crippen LogP contribution in [-0.4, -0.2) is 63.0 Å². The first kappa shape index (κ1) is 21.3. The predicted molar refractivity (Wildman–Crippen MR) is 109 cm³/mol. The molecule has 1 saturated carbocycles. The van der Waals surface area contributed by atoms with E-state index in [1.165, 1.54) is 19.3 Å². The molecule has 2 rings (SSSR count). The number of ether oxygens (including phenoxy) is 2. The number of hydrogen-bond acceptors (Lipinski definition) is 4. The van der Waals surface area contributed by atoms with Gasteiger partial charge in [0, 0.05) is 44.7 Å². The third-order valence-electron chi connectivity index (χ3n) is 4.42. The highest BCUT2D eigenvalue weighted by atomic mass is 127. The normalized spacial score (nSPS) is 25.9. The van der Waals surface area contributed by atoms with E-state index in [-0.39, 0.29) is 24.0 Å². The van der Waals surface area contributed by atoms with Crippen LogP contribution in [-0.2, 0) is 9.47 Å². The smallest absolute Gasteiger partial charge is 0.191 e. The lowest BCUT2D eigenvalue weighted by atomic mass is 10.1. The summed E-state index contributed by atoms with van der Waals surface area (Å²) in [5.74, 6) is 0.929. The largest absolute Gasteiger partial charge is 0.381 e. The average molecular weight is 457 g/mol. The molecule has 2 aliphatic rings. The summed E-state index contributed by atoms with van der Waals surface area (Å²) < 4.78 is 11.2. The van der Waals surface area contributed by atoms with Gasteiger partial charge < -0.3 is 20.1 Å². The van der Waals surface area contributed by atoms with Crippen molar-refractivity contribution in [3.05, 3.63) is 0 Å². The van der Waals surface area contributed by atoms with Gasteiger partial charge in [0.05, 0.1) is 6.10 Å². The van der Waals surface area contributed by atoms with E-state index in [1.807, 2.05) is 18.8 Å². The molecule has 0 radical (unpaired) electrons. The molecule has 1 aliphatic heterocycles. The lowest BCUT2D eigenvalue weighted by molar-refractivity contribution is -0.0320. The summed E-state index contributed by atoms with van der Waals surface area (Å²) in [6, 6.07) is 0.571. The summed E-state index contributed by atoms with van der Waals surface area (Å²) in [7, 11) is 1.84. The summed E-state index contributed by atoms with van der Waals surface area (Å²) in [5, 5.41) is 7.74. The van der Waals surface area contributed by atoms with Crippen LogP contribution in [0.1, 0.15) is 38.5 Å². The molecule has 5 nitrogen and oxygen atoms in total. The highest BCUT2D eigenvalue weighted by molar-refractivity contribution is 14.0. The Labute approximate surface area is 162 Å². The summed E-state index contributed by atoms with van der Waals surface area (Å²) in [6.07, 6.45) is 9.49. The number of nitrogens with zero attached hydrogens (tertiary/aromatic N) is 1. The fourth-order valence-corrected chi connectivity index (χ4v) is 3.84. The van der Waals surface area contributed by atoms with Crippen molar-refractivity contribution in [2.75, 3.05) is 39.7 Å². The molecule has 1 heterocycles. The zero-order valence-corrected chi connectivity index (χ0v) is 17.5. The summed E-state index contributed by atoms with van der Waals surface area (Å²) in [5.41, 5.74) is 0. The average Bonchev–Trinajstić information content (AvgIpc) is 3.02. The summed E-state index contributed by atoms with van der Waals surface area (Å²) in [4.78, 5) is 4.32. The first-order valence-electron chi connectivity index (χ1n) is 8.51. The molecule has 0 spiro atoms. The maximum Gasteiger partial charge on any atom is 0.191 e. The quantitative estimate of drug-likeness (QED) is 0.267. The van der Waals surface area contributed by atoms with E-state index in [2.05, 4.69) is 21.9 Å². The van der Waals surface area contributed by atoms with Crippen LogP contribution in [0, 0.1) is 0 Å². The standard InChI is InChI=1S/C16H31N3O2S.HI/c1-17-16(19-13-4-5-15(12-13)22-2)18-8-3-9-21-14-6-10-20-11-7-14;/h13-15H,3-12H2,1-2H3,(H2,17,18,19);1H. The third kappa shape index (κ3) is 8.27. The minimum atomic E-state index is 0. The van der Waals surface area contributed by atoms with Gasteiger partial charge in [-0.15, -0.1) is 24.0 Å². The van der Waals surface area contributed by atoms with Gasteiger partial charge in [0.15, 0.2) is 5.96 Å². The first-order chi connectivity index (χ1) is 10.8. The number of aliphatic imine (C=N–C) groups is 1. The van der Waals surface area contributed by atoms with Crippen LogP contribution in [0.4, 0.5) is 0 Å². The molecular formula is C16H32IN3O2S. The van der Waals surface area contributed by atoms with Gasteiger partial charge >= 0.3 is 0 Å². The van der Waals surface area contributed by atoms with Crippen LogP contribution in [0.2, 0.25) is 0 Å². The van der Waals surface area contributed by atoms with E-state index in [4.69, 9.17) is 9.47 Å². The molecule has 136 valence electrons. The Morgan fingerprint density at radius 3 is 2.70 bits per heavy atom.